The van der Waals surface area contributed by atoms with Crippen LogP contribution in [0, 0.1) is 18.8 Å². The second kappa shape index (κ2) is 6.53. The Morgan fingerprint density at radius 3 is 2.95 bits per heavy atom. The fourth-order valence-electron chi connectivity index (χ4n) is 1.47. The van der Waals surface area contributed by atoms with Gasteiger partial charge in [0.15, 0.2) is 5.13 Å². The van der Waals surface area contributed by atoms with Crippen molar-refractivity contribution < 1.29 is 9.90 Å². The van der Waals surface area contributed by atoms with Crippen molar-refractivity contribution in [2.45, 2.75) is 6.92 Å². The number of halogens is 1. The van der Waals surface area contributed by atoms with E-state index in [2.05, 4.69) is 22.1 Å². The minimum absolute atomic E-state index is 0.234. The molecule has 0 aliphatic heterocycles. The number of anilines is 1. The summed E-state index contributed by atoms with van der Waals surface area (Å²) in [6.07, 6.45) is 0. The molecule has 0 saturated carbocycles. The number of rotatable bonds is 2. The molecule has 1 amide bonds. The molecule has 6 heteroatoms. The van der Waals surface area contributed by atoms with Crippen LogP contribution in [-0.2, 0) is 0 Å². The van der Waals surface area contributed by atoms with Crippen molar-refractivity contribution in [3.8, 4) is 11.8 Å². The molecule has 0 saturated heterocycles. The number of nitrogens with one attached hydrogen (secondary N) is 1. The Morgan fingerprint density at radius 2 is 2.35 bits per heavy atom. The number of aromatic nitrogens is 1. The van der Waals surface area contributed by atoms with Crippen molar-refractivity contribution in [1.82, 2.24) is 4.98 Å². The summed E-state index contributed by atoms with van der Waals surface area (Å²) in [5.41, 5.74) is 1.86. The standard InChI is InChI=1S/C14H11ClN2O2S/c1-9-8-20-14(16-9)17-13(19)11-5-4-10(3-2-6-18)12(15)7-11/h4-5,7-8,18H,6H2,1H3,(H,16,17,19). The van der Waals surface area contributed by atoms with Crippen LogP contribution in [-0.4, -0.2) is 22.6 Å². The fourth-order valence-corrected chi connectivity index (χ4v) is 2.38. The maximum atomic E-state index is 12.0. The Balaban J connectivity index is 2.16. The Hall–Kier alpha value is -1.87. The lowest BCUT2D eigenvalue weighted by Crippen LogP contribution is -2.11. The number of hydrogen-bond donors (Lipinski definition) is 2. The highest BCUT2D eigenvalue weighted by molar-refractivity contribution is 7.13. The molecule has 4 nitrogen and oxygen atoms in total. The van der Waals surface area contributed by atoms with E-state index in [0.29, 0.717) is 21.3 Å². The van der Waals surface area contributed by atoms with E-state index in [-0.39, 0.29) is 12.5 Å². The van der Waals surface area contributed by atoms with Crippen LogP contribution in [0.15, 0.2) is 23.6 Å². The summed E-state index contributed by atoms with van der Waals surface area (Å²) in [6.45, 7) is 1.62. The van der Waals surface area contributed by atoms with Crippen LogP contribution in [0.5, 0.6) is 0 Å². The Bertz CT molecular complexity index is 701. The zero-order valence-electron chi connectivity index (χ0n) is 10.6. The summed E-state index contributed by atoms with van der Waals surface area (Å²) in [6, 6.07) is 4.81. The van der Waals surface area contributed by atoms with Crippen LogP contribution >= 0.6 is 22.9 Å². The monoisotopic (exact) mass is 306 g/mol. The van der Waals surface area contributed by atoms with Gasteiger partial charge in [0.05, 0.1) is 10.7 Å². The second-order valence-electron chi connectivity index (χ2n) is 3.90. The molecular weight excluding hydrogens is 296 g/mol. The van der Waals surface area contributed by atoms with Crippen LogP contribution in [0.25, 0.3) is 0 Å². The predicted molar refractivity (Wildman–Crippen MR) is 80.2 cm³/mol. The number of benzene rings is 1. The third kappa shape index (κ3) is 3.58. The summed E-state index contributed by atoms with van der Waals surface area (Å²) >= 11 is 7.40. The maximum absolute atomic E-state index is 12.0. The fraction of sp³-hybridized carbons (Fsp3) is 0.143. The molecule has 0 unspecified atom stereocenters. The first-order valence-electron chi connectivity index (χ1n) is 5.73. The smallest absolute Gasteiger partial charge is 0.257 e. The van der Waals surface area contributed by atoms with Crippen molar-refractivity contribution in [3.63, 3.8) is 0 Å². The van der Waals surface area contributed by atoms with Gasteiger partial charge in [-0.2, -0.15) is 0 Å². The maximum Gasteiger partial charge on any atom is 0.257 e. The number of aryl methyl sites for hydroxylation is 1. The Morgan fingerprint density at radius 1 is 1.55 bits per heavy atom. The van der Waals surface area contributed by atoms with Crippen molar-refractivity contribution in [2.24, 2.45) is 0 Å². The van der Waals surface area contributed by atoms with Gasteiger partial charge in [0.2, 0.25) is 0 Å². The lowest BCUT2D eigenvalue weighted by Gasteiger charge is -2.03. The minimum atomic E-state index is -0.275. The number of thiazole rings is 1. The van der Waals surface area contributed by atoms with Crippen molar-refractivity contribution >= 4 is 34.0 Å². The number of nitrogens with zero attached hydrogens (tertiary/aromatic N) is 1. The average molecular weight is 307 g/mol. The molecule has 0 atom stereocenters. The van der Waals surface area contributed by atoms with Gasteiger partial charge in [-0.3, -0.25) is 10.1 Å². The third-order valence-electron chi connectivity index (χ3n) is 2.37. The van der Waals surface area contributed by atoms with E-state index in [1.807, 2.05) is 12.3 Å². The molecule has 102 valence electrons. The predicted octanol–water partition coefficient (Wildman–Crippen LogP) is 2.70. The molecule has 0 spiro atoms. The molecule has 2 rings (SSSR count). The summed E-state index contributed by atoms with van der Waals surface area (Å²) < 4.78 is 0. The van der Waals surface area contributed by atoms with Crippen molar-refractivity contribution in [2.75, 3.05) is 11.9 Å². The number of hydrogen-bond acceptors (Lipinski definition) is 4. The SMILES string of the molecule is Cc1csc(NC(=O)c2ccc(C#CCO)c(Cl)c2)n1. The van der Waals surface area contributed by atoms with E-state index < -0.39 is 0 Å². The molecule has 0 aliphatic rings. The first-order chi connectivity index (χ1) is 9.60. The lowest BCUT2D eigenvalue weighted by atomic mass is 10.1. The van der Waals surface area contributed by atoms with Crippen LogP contribution in [0.3, 0.4) is 0 Å². The number of aliphatic hydroxyl groups is 1. The largest absolute Gasteiger partial charge is 0.384 e. The van der Waals surface area contributed by atoms with E-state index in [9.17, 15) is 4.79 Å². The zero-order valence-corrected chi connectivity index (χ0v) is 12.2. The van der Waals surface area contributed by atoms with Gasteiger partial charge in [-0.25, -0.2) is 4.98 Å². The molecule has 2 N–H and O–H groups in total. The summed E-state index contributed by atoms with van der Waals surface area (Å²) in [4.78, 5) is 16.2. The van der Waals surface area contributed by atoms with Crippen LogP contribution in [0.2, 0.25) is 5.02 Å². The van der Waals surface area contributed by atoms with Crippen LogP contribution < -0.4 is 5.32 Å². The third-order valence-corrected chi connectivity index (χ3v) is 3.56. The second-order valence-corrected chi connectivity index (χ2v) is 5.17. The Labute approximate surface area is 125 Å². The number of amides is 1. The molecule has 0 aliphatic carbocycles. The van der Waals surface area contributed by atoms with Gasteiger partial charge >= 0.3 is 0 Å². The van der Waals surface area contributed by atoms with Gasteiger partial charge < -0.3 is 5.11 Å². The van der Waals surface area contributed by atoms with Gasteiger partial charge in [0, 0.05) is 16.5 Å². The van der Waals surface area contributed by atoms with Gasteiger partial charge in [-0.15, -0.1) is 11.3 Å². The highest BCUT2D eigenvalue weighted by atomic mass is 35.5. The molecule has 20 heavy (non-hydrogen) atoms. The molecule has 0 radical (unpaired) electrons. The number of carbonyl (C=O) groups excluding carboxylic acids is 1. The van der Waals surface area contributed by atoms with Crippen molar-refractivity contribution in [1.29, 1.82) is 0 Å². The first-order valence-corrected chi connectivity index (χ1v) is 6.98. The molecule has 1 heterocycles. The van der Waals surface area contributed by atoms with Gasteiger partial charge in [-0.1, -0.05) is 23.4 Å². The molecule has 1 aromatic carbocycles. The average Bonchev–Trinajstić information content (AvgIpc) is 2.82. The van der Waals surface area contributed by atoms with Crippen molar-refractivity contribution in [3.05, 3.63) is 45.4 Å². The molecular formula is C14H11ClN2O2S. The minimum Gasteiger partial charge on any atom is -0.384 e. The summed E-state index contributed by atoms with van der Waals surface area (Å²) in [7, 11) is 0. The Kier molecular flexibility index (Phi) is 4.74. The van der Waals surface area contributed by atoms with Crippen LogP contribution in [0.4, 0.5) is 5.13 Å². The highest BCUT2D eigenvalue weighted by Crippen LogP contribution is 2.19. The summed E-state index contributed by atoms with van der Waals surface area (Å²) in [5.74, 6) is 4.94. The van der Waals surface area contributed by atoms with E-state index >= 15 is 0 Å². The van der Waals surface area contributed by atoms with E-state index in [1.165, 1.54) is 11.3 Å². The number of aliphatic hydroxyl groups excluding tert-OH is 1. The van der Waals surface area contributed by atoms with E-state index in [4.69, 9.17) is 16.7 Å². The van der Waals surface area contributed by atoms with Gasteiger partial charge in [0.25, 0.3) is 5.91 Å². The normalized spacial score (nSPS) is 9.75. The topological polar surface area (TPSA) is 62.2 Å². The number of carbonyl (C=O) groups is 1. The first kappa shape index (κ1) is 14.5. The quantitative estimate of drug-likeness (QED) is 0.839. The molecule has 2 aromatic rings. The van der Waals surface area contributed by atoms with Gasteiger partial charge in [0.1, 0.15) is 6.61 Å². The lowest BCUT2D eigenvalue weighted by molar-refractivity contribution is 0.102. The molecule has 0 fully saturated rings. The van der Waals surface area contributed by atoms with Crippen LogP contribution in [0.1, 0.15) is 21.6 Å². The molecule has 0 bridgehead atoms. The van der Waals surface area contributed by atoms with E-state index in [1.54, 1.807) is 18.2 Å². The molecule has 1 aromatic heterocycles. The zero-order chi connectivity index (χ0) is 14.5. The van der Waals surface area contributed by atoms with Gasteiger partial charge in [-0.05, 0) is 25.1 Å². The highest BCUT2D eigenvalue weighted by Gasteiger charge is 2.10. The van der Waals surface area contributed by atoms with E-state index in [0.717, 1.165) is 5.69 Å². The summed E-state index contributed by atoms with van der Waals surface area (Å²) in [5, 5.41) is 14.1.